The number of rotatable bonds is 13. The van der Waals surface area contributed by atoms with Crippen molar-refractivity contribution in [3.63, 3.8) is 0 Å². The van der Waals surface area contributed by atoms with E-state index in [1.54, 1.807) is 30.3 Å². The average Bonchev–Trinajstić information content (AvgIpc) is 3.44. The van der Waals surface area contributed by atoms with E-state index in [0.717, 1.165) is 0 Å². The van der Waals surface area contributed by atoms with E-state index in [9.17, 15) is 27.9 Å². The Morgan fingerprint density at radius 3 is 2.44 bits per heavy atom. The van der Waals surface area contributed by atoms with Crippen LogP contribution in [0.4, 0.5) is 5.69 Å². The first kappa shape index (κ1) is 29.5. The number of carbonyl (C=O) groups excluding carboxylic acids is 2. The second-order valence-electron chi connectivity index (χ2n) is 8.80. The fraction of sp³-hybridized carbons (Fsp3) is 0.360. The van der Waals surface area contributed by atoms with Gasteiger partial charge in [0.15, 0.2) is 5.96 Å². The SMILES string of the molecule is N=C(N)NCCOCC(=O)Nc1ccc(C[C@@H](C(=O)O)N(C(=O)[C@@H]2CCCN2)S(=O)(=O)c2ccccc2)cc1. The molecule has 0 aromatic heterocycles. The molecule has 1 aliphatic rings. The maximum atomic E-state index is 13.5. The van der Waals surface area contributed by atoms with Crippen LogP contribution in [-0.2, 0) is 35.6 Å². The Balaban J connectivity index is 1.74. The Kier molecular flexibility index (Phi) is 10.4. The zero-order valence-corrected chi connectivity index (χ0v) is 21.9. The molecule has 0 aliphatic carbocycles. The third kappa shape index (κ3) is 8.24. The van der Waals surface area contributed by atoms with E-state index in [1.165, 1.54) is 24.3 Å². The maximum absolute atomic E-state index is 13.5. The van der Waals surface area contributed by atoms with Gasteiger partial charge in [0.2, 0.25) is 5.91 Å². The van der Waals surface area contributed by atoms with E-state index >= 15 is 0 Å². The van der Waals surface area contributed by atoms with Gasteiger partial charge < -0.3 is 31.5 Å². The number of hydrogen-bond donors (Lipinski definition) is 6. The quantitative estimate of drug-likeness (QED) is 0.111. The van der Waals surface area contributed by atoms with Crippen LogP contribution < -0.4 is 21.7 Å². The van der Waals surface area contributed by atoms with Gasteiger partial charge in [-0.2, -0.15) is 0 Å². The number of hydrogen-bond acceptors (Lipinski definition) is 8. The third-order valence-electron chi connectivity index (χ3n) is 5.91. The maximum Gasteiger partial charge on any atom is 0.328 e. The summed E-state index contributed by atoms with van der Waals surface area (Å²) in [6.45, 7) is 0.741. The molecule has 0 bridgehead atoms. The van der Waals surface area contributed by atoms with Crippen LogP contribution in [0.5, 0.6) is 0 Å². The highest BCUT2D eigenvalue weighted by atomic mass is 32.2. The van der Waals surface area contributed by atoms with Gasteiger partial charge in [0, 0.05) is 18.7 Å². The number of benzene rings is 2. The number of aliphatic carboxylic acids is 1. The number of carboxylic acids is 1. The number of sulfonamides is 1. The molecule has 0 saturated carbocycles. The van der Waals surface area contributed by atoms with E-state index in [4.69, 9.17) is 15.9 Å². The number of guanidine groups is 1. The molecule has 14 heteroatoms. The molecular formula is C25H32N6O7S. The van der Waals surface area contributed by atoms with Crippen LogP contribution in [0.25, 0.3) is 0 Å². The summed E-state index contributed by atoms with van der Waals surface area (Å²) in [5.74, 6) is -2.90. The van der Waals surface area contributed by atoms with Crippen molar-refractivity contribution in [2.24, 2.45) is 5.73 Å². The number of carbonyl (C=O) groups is 3. The molecule has 1 saturated heterocycles. The Labute approximate surface area is 226 Å². The number of carboxylic acid groups (broad SMARTS) is 1. The van der Waals surface area contributed by atoms with Crippen molar-refractivity contribution in [3.05, 3.63) is 60.2 Å². The summed E-state index contributed by atoms with van der Waals surface area (Å²) < 4.78 is 32.7. The predicted molar refractivity (Wildman–Crippen MR) is 142 cm³/mol. The van der Waals surface area contributed by atoms with Gasteiger partial charge in [-0.1, -0.05) is 30.3 Å². The number of ether oxygens (including phenoxy) is 1. The highest BCUT2D eigenvalue weighted by Crippen LogP contribution is 2.24. The number of nitrogens with zero attached hydrogens (tertiary/aromatic N) is 1. The molecule has 2 atom stereocenters. The van der Waals surface area contributed by atoms with Crippen LogP contribution in [0.15, 0.2) is 59.5 Å². The zero-order valence-electron chi connectivity index (χ0n) is 21.1. The van der Waals surface area contributed by atoms with Gasteiger partial charge in [-0.3, -0.25) is 15.0 Å². The number of nitrogens with two attached hydrogens (primary N) is 1. The lowest BCUT2D eigenvalue weighted by atomic mass is 10.0. The second kappa shape index (κ2) is 13.7. The van der Waals surface area contributed by atoms with E-state index in [0.29, 0.717) is 34.9 Å². The highest BCUT2D eigenvalue weighted by molar-refractivity contribution is 7.89. The molecule has 2 aromatic carbocycles. The van der Waals surface area contributed by atoms with Gasteiger partial charge >= 0.3 is 5.97 Å². The molecule has 0 radical (unpaired) electrons. The number of nitrogens with one attached hydrogen (secondary N) is 4. The first-order valence-corrected chi connectivity index (χ1v) is 13.7. The van der Waals surface area contributed by atoms with E-state index in [-0.39, 0.29) is 37.0 Å². The van der Waals surface area contributed by atoms with Crippen molar-refractivity contribution in [2.45, 2.75) is 36.2 Å². The topological polar surface area (TPSA) is 204 Å². The predicted octanol–water partition coefficient (Wildman–Crippen LogP) is 0.0900. The Hall–Kier alpha value is -4.01. The molecule has 3 rings (SSSR count). The third-order valence-corrected chi connectivity index (χ3v) is 7.73. The second-order valence-corrected chi connectivity index (χ2v) is 10.6. The van der Waals surface area contributed by atoms with E-state index in [2.05, 4.69) is 16.0 Å². The van der Waals surface area contributed by atoms with Crippen LogP contribution in [0.3, 0.4) is 0 Å². The Morgan fingerprint density at radius 1 is 1.15 bits per heavy atom. The zero-order chi connectivity index (χ0) is 28.4. The summed E-state index contributed by atoms with van der Waals surface area (Å²) in [4.78, 5) is 37.6. The summed E-state index contributed by atoms with van der Waals surface area (Å²) in [6.07, 6.45) is 0.790. The van der Waals surface area contributed by atoms with Crippen LogP contribution in [-0.4, -0.2) is 80.0 Å². The molecule has 1 aliphatic heterocycles. The molecule has 1 fully saturated rings. The van der Waals surface area contributed by atoms with Crippen molar-refractivity contribution >= 4 is 39.5 Å². The lowest BCUT2D eigenvalue weighted by molar-refractivity contribution is -0.146. The molecule has 7 N–H and O–H groups in total. The monoisotopic (exact) mass is 560 g/mol. The largest absolute Gasteiger partial charge is 0.480 e. The summed E-state index contributed by atoms with van der Waals surface area (Å²) >= 11 is 0. The van der Waals surface area contributed by atoms with Crippen molar-refractivity contribution in [1.29, 1.82) is 5.41 Å². The van der Waals surface area contributed by atoms with E-state index in [1.807, 2.05) is 0 Å². The van der Waals surface area contributed by atoms with Crippen LogP contribution >= 0.6 is 0 Å². The fourth-order valence-electron chi connectivity index (χ4n) is 4.03. The van der Waals surface area contributed by atoms with Gasteiger partial charge in [0.1, 0.15) is 12.6 Å². The standard InChI is InChI=1S/C25H32N6O7S/c26-25(27)29-13-14-38-16-22(32)30-18-10-8-17(9-11-18)15-21(24(34)35)31(23(33)20-7-4-12-28-20)39(36,37)19-5-2-1-3-6-19/h1-3,5-6,8-11,20-21,28H,4,7,12-16H2,(H,30,32)(H,34,35)(H4,26,27,29)/t20-,21-/m0/s1. The summed E-state index contributed by atoms with van der Waals surface area (Å²) in [6, 6.07) is 10.9. The van der Waals surface area contributed by atoms with Crippen molar-refractivity contribution in [2.75, 3.05) is 31.6 Å². The summed E-state index contributed by atoms with van der Waals surface area (Å²) in [7, 11) is -4.48. The molecule has 13 nitrogen and oxygen atoms in total. The summed E-state index contributed by atoms with van der Waals surface area (Å²) in [5, 5.41) is 25.2. The van der Waals surface area contributed by atoms with Gasteiger partial charge in [0.05, 0.1) is 17.5 Å². The molecule has 2 amide bonds. The van der Waals surface area contributed by atoms with Crippen LogP contribution in [0, 0.1) is 5.41 Å². The minimum atomic E-state index is -4.48. The molecule has 2 aromatic rings. The molecule has 1 heterocycles. The molecule has 39 heavy (non-hydrogen) atoms. The first-order chi connectivity index (χ1) is 18.6. The van der Waals surface area contributed by atoms with Gasteiger partial charge in [-0.15, -0.1) is 0 Å². The van der Waals surface area contributed by atoms with Gasteiger partial charge in [-0.25, -0.2) is 17.5 Å². The molecule has 0 unspecified atom stereocenters. The normalized spacial score (nSPS) is 15.7. The minimum Gasteiger partial charge on any atom is -0.480 e. The highest BCUT2D eigenvalue weighted by Gasteiger charge is 2.43. The summed E-state index contributed by atoms with van der Waals surface area (Å²) in [5.41, 5.74) is 6.02. The van der Waals surface area contributed by atoms with Gasteiger partial charge in [0.25, 0.3) is 15.9 Å². The lowest BCUT2D eigenvalue weighted by Gasteiger charge is -2.30. The molecule has 0 spiro atoms. The number of anilines is 1. The average molecular weight is 561 g/mol. The van der Waals surface area contributed by atoms with Crippen LogP contribution in [0.2, 0.25) is 0 Å². The smallest absolute Gasteiger partial charge is 0.328 e. The number of amides is 2. The van der Waals surface area contributed by atoms with Crippen LogP contribution in [0.1, 0.15) is 18.4 Å². The Morgan fingerprint density at radius 2 is 1.85 bits per heavy atom. The van der Waals surface area contributed by atoms with E-state index < -0.39 is 39.9 Å². The Bertz CT molecular complexity index is 1270. The van der Waals surface area contributed by atoms with Crippen molar-refractivity contribution in [1.82, 2.24) is 14.9 Å². The fourth-order valence-corrected chi connectivity index (χ4v) is 5.62. The molecule has 210 valence electrons. The lowest BCUT2D eigenvalue weighted by Crippen LogP contribution is -2.54. The van der Waals surface area contributed by atoms with Gasteiger partial charge in [-0.05, 0) is 49.2 Å². The van der Waals surface area contributed by atoms with Crippen molar-refractivity contribution in [3.8, 4) is 0 Å². The van der Waals surface area contributed by atoms with Crippen molar-refractivity contribution < 1.29 is 32.6 Å². The molecular weight excluding hydrogens is 528 g/mol. The first-order valence-electron chi connectivity index (χ1n) is 12.2. The minimum absolute atomic E-state index is 0.167.